The van der Waals surface area contributed by atoms with Crippen molar-refractivity contribution in [2.24, 2.45) is 5.92 Å². The van der Waals surface area contributed by atoms with Crippen molar-refractivity contribution in [2.75, 3.05) is 5.73 Å². The molecule has 0 heterocycles. The second-order valence-corrected chi connectivity index (χ2v) is 5.43. The number of anilines is 1. The molecule has 1 aliphatic carbocycles. The molecule has 19 heavy (non-hydrogen) atoms. The zero-order valence-electron chi connectivity index (χ0n) is 11.3. The Morgan fingerprint density at radius 2 is 2.05 bits per heavy atom. The Labute approximate surface area is 113 Å². The van der Waals surface area contributed by atoms with Gasteiger partial charge in [0.1, 0.15) is 5.82 Å². The highest BCUT2D eigenvalue weighted by Gasteiger charge is 2.23. The van der Waals surface area contributed by atoms with Gasteiger partial charge in [-0.15, -0.1) is 0 Å². The zero-order chi connectivity index (χ0) is 13.8. The third kappa shape index (κ3) is 3.46. The first kappa shape index (κ1) is 13.8. The van der Waals surface area contributed by atoms with E-state index in [1.165, 1.54) is 25.0 Å². The van der Waals surface area contributed by atoms with Crippen LogP contribution in [0.25, 0.3) is 0 Å². The molecule has 104 valence electrons. The van der Waals surface area contributed by atoms with Crippen LogP contribution in [0.5, 0.6) is 0 Å². The van der Waals surface area contributed by atoms with Crippen molar-refractivity contribution in [2.45, 2.75) is 45.1 Å². The van der Waals surface area contributed by atoms with Gasteiger partial charge in [0, 0.05) is 11.7 Å². The minimum Gasteiger partial charge on any atom is -0.399 e. The molecule has 0 spiro atoms. The van der Waals surface area contributed by atoms with Gasteiger partial charge in [-0.05, 0) is 37.0 Å². The molecular formula is C15H21FN2O. The molecule has 0 aromatic heterocycles. The van der Waals surface area contributed by atoms with Crippen LogP contribution in [0.1, 0.15) is 49.4 Å². The lowest BCUT2D eigenvalue weighted by Crippen LogP contribution is -2.39. The highest BCUT2D eigenvalue weighted by Crippen LogP contribution is 2.23. The first-order valence-corrected chi connectivity index (χ1v) is 6.94. The maximum atomic E-state index is 13.7. The predicted octanol–water partition coefficient (Wildman–Crippen LogP) is 3.11. The monoisotopic (exact) mass is 264 g/mol. The van der Waals surface area contributed by atoms with E-state index in [4.69, 9.17) is 5.73 Å². The third-order valence-corrected chi connectivity index (χ3v) is 3.92. The molecule has 4 heteroatoms. The number of carbonyl (C=O) groups is 1. The highest BCUT2D eigenvalue weighted by molar-refractivity contribution is 5.95. The number of rotatable bonds is 2. The smallest absolute Gasteiger partial charge is 0.254 e. The van der Waals surface area contributed by atoms with E-state index in [2.05, 4.69) is 12.2 Å². The SMILES string of the molecule is CC1CCCCCC1NC(=O)c1ccc(N)cc1F. The molecule has 0 aliphatic heterocycles. The summed E-state index contributed by atoms with van der Waals surface area (Å²) in [6.07, 6.45) is 5.65. The summed E-state index contributed by atoms with van der Waals surface area (Å²) in [7, 11) is 0. The molecule has 1 aliphatic rings. The molecule has 2 rings (SSSR count). The zero-order valence-corrected chi connectivity index (χ0v) is 11.3. The molecule has 0 bridgehead atoms. The summed E-state index contributed by atoms with van der Waals surface area (Å²) in [5.74, 6) is -0.446. The van der Waals surface area contributed by atoms with Crippen LogP contribution >= 0.6 is 0 Å². The minimum absolute atomic E-state index is 0.0747. The average molecular weight is 264 g/mol. The van der Waals surface area contributed by atoms with E-state index in [0.717, 1.165) is 19.3 Å². The highest BCUT2D eigenvalue weighted by atomic mass is 19.1. The molecule has 3 nitrogen and oxygen atoms in total. The van der Waals surface area contributed by atoms with Crippen LogP contribution in [0.3, 0.4) is 0 Å². The van der Waals surface area contributed by atoms with E-state index in [1.807, 2.05) is 0 Å². The lowest BCUT2D eigenvalue weighted by molar-refractivity contribution is 0.0917. The largest absolute Gasteiger partial charge is 0.399 e. The number of nitrogens with one attached hydrogen (secondary N) is 1. The topological polar surface area (TPSA) is 55.1 Å². The molecule has 1 aromatic rings. The molecule has 1 fully saturated rings. The molecule has 3 N–H and O–H groups in total. The van der Waals surface area contributed by atoms with E-state index in [9.17, 15) is 9.18 Å². The molecule has 0 saturated heterocycles. The van der Waals surface area contributed by atoms with Crippen LogP contribution in [0.2, 0.25) is 0 Å². The summed E-state index contributed by atoms with van der Waals surface area (Å²) in [5, 5.41) is 2.97. The van der Waals surface area contributed by atoms with E-state index < -0.39 is 5.82 Å². The van der Waals surface area contributed by atoms with Crippen molar-refractivity contribution in [3.05, 3.63) is 29.6 Å². The van der Waals surface area contributed by atoms with Crippen molar-refractivity contribution in [3.63, 3.8) is 0 Å². The number of nitrogen functional groups attached to an aromatic ring is 1. The summed E-state index contributed by atoms with van der Waals surface area (Å²) < 4.78 is 13.7. The van der Waals surface area contributed by atoms with Crippen LogP contribution in [-0.2, 0) is 0 Å². The van der Waals surface area contributed by atoms with Crippen molar-refractivity contribution >= 4 is 11.6 Å². The number of hydrogen-bond acceptors (Lipinski definition) is 2. The number of carbonyl (C=O) groups excluding carboxylic acids is 1. The first-order valence-electron chi connectivity index (χ1n) is 6.94. The predicted molar refractivity (Wildman–Crippen MR) is 74.3 cm³/mol. The summed E-state index contributed by atoms with van der Waals surface area (Å²) in [6.45, 7) is 2.15. The van der Waals surface area contributed by atoms with Gasteiger partial charge in [-0.25, -0.2) is 4.39 Å². The molecular weight excluding hydrogens is 243 g/mol. The van der Waals surface area contributed by atoms with Gasteiger partial charge in [-0.1, -0.05) is 26.2 Å². The fraction of sp³-hybridized carbons (Fsp3) is 0.533. The van der Waals surface area contributed by atoms with E-state index in [0.29, 0.717) is 11.6 Å². The number of halogens is 1. The van der Waals surface area contributed by atoms with Crippen LogP contribution in [0.4, 0.5) is 10.1 Å². The minimum atomic E-state index is -0.557. The number of benzene rings is 1. The normalized spacial score (nSPS) is 23.7. The van der Waals surface area contributed by atoms with Crippen LogP contribution < -0.4 is 11.1 Å². The third-order valence-electron chi connectivity index (χ3n) is 3.92. The van der Waals surface area contributed by atoms with Gasteiger partial charge in [0.15, 0.2) is 0 Å². The second-order valence-electron chi connectivity index (χ2n) is 5.43. The van der Waals surface area contributed by atoms with Crippen LogP contribution in [-0.4, -0.2) is 11.9 Å². The lowest BCUT2D eigenvalue weighted by atomic mass is 9.96. The second kappa shape index (κ2) is 6.04. The molecule has 2 unspecified atom stereocenters. The fourth-order valence-electron chi connectivity index (χ4n) is 2.67. The summed E-state index contributed by atoms with van der Waals surface area (Å²) in [4.78, 5) is 12.1. The fourth-order valence-corrected chi connectivity index (χ4v) is 2.67. The van der Waals surface area contributed by atoms with E-state index in [1.54, 1.807) is 6.07 Å². The first-order chi connectivity index (χ1) is 9.08. The maximum absolute atomic E-state index is 13.7. The summed E-state index contributed by atoms with van der Waals surface area (Å²) in [5.41, 5.74) is 5.89. The van der Waals surface area contributed by atoms with Gasteiger partial charge < -0.3 is 11.1 Å². The average Bonchev–Trinajstić information content (AvgIpc) is 2.55. The Morgan fingerprint density at radius 3 is 2.79 bits per heavy atom. The molecule has 0 radical (unpaired) electrons. The van der Waals surface area contributed by atoms with Crippen LogP contribution in [0, 0.1) is 11.7 Å². The van der Waals surface area contributed by atoms with Crippen LogP contribution in [0.15, 0.2) is 18.2 Å². The molecule has 2 atom stereocenters. The Morgan fingerprint density at radius 1 is 1.32 bits per heavy atom. The maximum Gasteiger partial charge on any atom is 0.254 e. The Hall–Kier alpha value is -1.58. The van der Waals surface area contributed by atoms with Gasteiger partial charge in [0.25, 0.3) is 5.91 Å². The van der Waals surface area contributed by atoms with Gasteiger partial charge in [0.05, 0.1) is 5.56 Å². The lowest BCUT2D eigenvalue weighted by Gasteiger charge is -2.23. The van der Waals surface area contributed by atoms with Gasteiger partial charge >= 0.3 is 0 Å². The quantitative estimate of drug-likeness (QED) is 0.637. The van der Waals surface area contributed by atoms with E-state index >= 15 is 0 Å². The summed E-state index contributed by atoms with van der Waals surface area (Å²) >= 11 is 0. The Bertz CT molecular complexity index is 461. The van der Waals surface area contributed by atoms with E-state index in [-0.39, 0.29) is 17.5 Å². The summed E-state index contributed by atoms with van der Waals surface area (Å²) in [6, 6.07) is 4.33. The standard InChI is InChI=1S/C15H21FN2O/c1-10-5-3-2-4-6-14(10)18-15(19)12-8-7-11(17)9-13(12)16/h7-10,14H,2-6,17H2,1H3,(H,18,19). The van der Waals surface area contributed by atoms with Gasteiger partial charge in [0.2, 0.25) is 0 Å². The number of hydrogen-bond donors (Lipinski definition) is 2. The Balaban J connectivity index is 2.07. The van der Waals surface area contributed by atoms with Crippen molar-refractivity contribution < 1.29 is 9.18 Å². The van der Waals surface area contributed by atoms with Crippen molar-refractivity contribution in [1.82, 2.24) is 5.32 Å². The van der Waals surface area contributed by atoms with Gasteiger partial charge in [-0.3, -0.25) is 4.79 Å². The van der Waals surface area contributed by atoms with Crippen molar-refractivity contribution in [1.29, 1.82) is 0 Å². The molecule has 1 amide bonds. The van der Waals surface area contributed by atoms with Gasteiger partial charge in [-0.2, -0.15) is 0 Å². The van der Waals surface area contributed by atoms with Crippen molar-refractivity contribution in [3.8, 4) is 0 Å². The number of amides is 1. The Kier molecular flexibility index (Phi) is 4.40. The molecule has 1 saturated carbocycles. The number of nitrogens with two attached hydrogens (primary N) is 1. The molecule has 1 aromatic carbocycles.